The van der Waals surface area contributed by atoms with Crippen LogP contribution in [-0.4, -0.2) is 16.5 Å². The van der Waals surface area contributed by atoms with Crippen LogP contribution in [0, 0.1) is 0 Å². The summed E-state index contributed by atoms with van der Waals surface area (Å²) in [5.41, 5.74) is 1.04. The summed E-state index contributed by atoms with van der Waals surface area (Å²) < 4.78 is 2.06. The first-order chi connectivity index (χ1) is 9.52. The van der Waals surface area contributed by atoms with Crippen LogP contribution in [0.1, 0.15) is 38.8 Å². The quantitative estimate of drug-likeness (QED) is 0.678. The third kappa shape index (κ3) is 3.59. The van der Waals surface area contributed by atoms with Gasteiger partial charge in [-0.05, 0) is 56.3 Å². The normalized spacial score (nSPS) is 11.1. The molecule has 6 heteroatoms. The van der Waals surface area contributed by atoms with Crippen LogP contribution >= 0.6 is 43.2 Å². The molecule has 0 amide bonds. The maximum Gasteiger partial charge on any atom is 0.171 e. The summed E-state index contributed by atoms with van der Waals surface area (Å²) in [7, 11) is 0. The van der Waals surface area contributed by atoms with Gasteiger partial charge >= 0.3 is 0 Å². The van der Waals surface area contributed by atoms with Crippen molar-refractivity contribution in [2.75, 3.05) is 11.9 Å². The fourth-order valence-electron chi connectivity index (χ4n) is 1.75. The number of nitrogens with one attached hydrogen (secondary N) is 1. The summed E-state index contributed by atoms with van der Waals surface area (Å²) in [6.07, 6.45) is 1.06. The van der Waals surface area contributed by atoms with E-state index in [4.69, 9.17) is 4.98 Å². The number of hydrogen-bond donors (Lipinski definition) is 1. The van der Waals surface area contributed by atoms with Crippen molar-refractivity contribution in [1.82, 2.24) is 9.97 Å². The molecule has 0 aliphatic rings. The van der Waals surface area contributed by atoms with Crippen molar-refractivity contribution in [3.05, 3.63) is 26.1 Å². The van der Waals surface area contributed by atoms with E-state index in [2.05, 4.69) is 62.9 Å². The largest absolute Gasteiger partial charge is 0.369 e. The van der Waals surface area contributed by atoms with E-state index in [0.717, 1.165) is 43.4 Å². The molecular weight excluding hydrogens is 402 g/mol. The lowest BCUT2D eigenvalue weighted by Gasteiger charge is -2.14. The van der Waals surface area contributed by atoms with Gasteiger partial charge in [0.1, 0.15) is 5.82 Å². The van der Waals surface area contributed by atoms with Crippen molar-refractivity contribution >= 4 is 49.0 Å². The Labute approximate surface area is 140 Å². The first kappa shape index (κ1) is 15.9. The Kier molecular flexibility index (Phi) is 5.57. The summed E-state index contributed by atoms with van der Waals surface area (Å²) in [5.74, 6) is 2.01. The molecule has 2 aromatic heterocycles. The molecule has 0 aromatic carbocycles. The Hall–Kier alpha value is -0.460. The minimum absolute atomic E-state index is 0.344. The lowest BCUT2D eigenvalue weighted by Crippen LogP contribution is -2.08. The van der Waals surface area contributed by atoms with Gasteiger partial charge < -0.3 is 5.32 Å². The maximum absolute atomic E-state index is 4.72. The van der Waals surface area contributed by atoms with Crippen LogP contribution in [0.5, 0.6) is 0 Å². The van der Waals surface area contributed by atoms with E-state index in [0.29, 0.717) is 5.92 Å². The van der Waals surface area contributed by atoms with Gasteiger partial charge in [-0.1, -0.05) is 20.8 Å². The Morgan fingerprint density at radius 2 is 2.00 bits per heavy atom. The Morgan fingerprint density at radius 1 is 1.25 bits per heavy atom. The zero-order valence-corrected chi connectivity index (χ0v) is 15.7. The number of rotatable bonds is 5. The van der Waals surface area contributed by atoms with Crippen LogP contribution in [0.3, 0.4) is 0 Å². The number of aromatic nitrogens is 2. The van der Waals surface area contributed by atoms with Crippen molar-refractivity contribution in [3.8, 4) is 10.7 Å². The predicted octanol–water partition coefficient (Wildman–Crippen LogP) is 5.68. The maximum atomic E-state index is 4.72. The summed E-state index contributed by atoms with van der Waals surface area (Å²) in [6.45, 7) is 7.33. The van der Waals surface area contributed by atoms with Crippen LogP contribution in [0.15, 0.2) is 20.4 Å². The van der Waals surface area contributed by atoms with E-state index in [1.54, 1.807) is 11.3 Å². The van der Waals surface area contributed by atoms with E-state index < -0.39 is 0 Å². The zero-order chi connectivity index (χ0) is 14.7. The molecule has 0 saturated carbocycles. The molecule has 2 aromatic rings. The Balaban J connectivity index is 2.49. The molecule has 0 aliphatic heterocycles. The van der Waals surface area contributed by atoms with Gasteiger partial charge in [0.15, 0.2) is 5.82 Å². The molecule has 0 fully saturated rings. The molecule has 20 heavy (non-hydrogen) atoms. The van der Waals surface area contributed by atoms with Gasteiger partial charge in [-0.3, -0.25) is 0 Å². The molecule has 3 nitrogen and oxygen atoms in total. The van der Waals surface area contributed by atoms with Crippen LogP contribution in [0.4, 0.5) is 5.82 Å². The molecule has 1 N–H and O–H groups in total. The second-order valence-corrected chi connectivity index (χ2v) is 8.04. The van der Waals surface area contributed by atoms with Gasteiger partial charge in [0.05, 0.1) is 18.8 Å². The van der Waals surface area contributed by atoms with Crippen molar-refractivity contribution in [2.45, 2.75) is 33.1 Å². The highest BCUT2D eigenvalue weighted by Gasteiger charge is 2.16. The van der Waals surface area contributed by atoms with Crippen LogP contribution in [-0.2, 0) is 0 Å². The number of anilines is 1. The van der Waals surface area contributed by atoms with Gasteiger partial charge in [0.2, 0.25) is 0 Å². The lowest BCUT2D eigenvalue weighted by molar-refractivity contribution is 0.808. The Bertz CT molecular complexity index is 596. The van der Waals surface area contributed by atoms with E-state index in [-0.39, 0.29) is 0 Å². The Morgan fingerprint density at radius 3 is 2.55 bits per heavy atom. The molecule has 0 bridgehead atoms. The topological polar surface area (TPSA) is 37.8 Å². The van der Waals surface area contributed by atoms with Crippen LogP contribution < -0.4 is 5.32 Å². The highest BCUT2D eigenvalue weighted by Crippen LogP contribution is 2.34. The molecule has 2 heterocycles. The molecule has 0 aliphatic carbocycles. The molecule has 0 unspecified atom stereocenters. The fraction of sp³-hybridized carbons (Fsp3) is 0.429. The number of hydrogen-bond acceptors (Lipinski definition) is 4. The third-order valence-electron chi connectivity index (χ3n) is 2.76. The van der Waals surface area contributed by atoms with E-state index in [9.17, 15) is 0 Å². The second-order valence-electron chi connectivity index (χ2n) is 4.78. The first-order valence-corrected chi connectivity index (χ1v) is 9.00. The molecule has 2 rings (SSSR count). The number of thiophene rings is 1. The van der Waals surface area contributed by atoms with E-state index >= 15 is 0 Å². The predicted molar refractivity (Wildman–Crippen MR) is 93.6 cm³/mol. The van der Waals surface area contributed by atoms with Crippen molar-refractivity contribution in [1.29, 1.82) is 0 Å². The van der Waals surface area contributed by atoms with Gasteiger partial charge in [-0.15, -0.1) is 11.3 Å². The minimum Gasteiger partial charge on any atom is -0.369 e. The molecule has 108 valence electrons. The minimum atomic E-state index is 0.344. The van der Waals surface area contributed by atoms with Gasteiger partial charge in [-0.2, -0.15) is 0 Å². The van der Waals surface area contributed by atoms with Crippen LogP contribution in [0.25, 0.3) is 10.7 Å². The lowest BCUT2D eigenvalue weighted by atomic mass is 10.1. The summed E-state index contributed by atoms with van der Waals surface area (Å²) in [4.78, 5) is 10.4. The van der Waals surface area contributed by atoms with Gasteiger partial charge in [-0.25, -0.2) is 9.97 Å². The van der Waals surface area contributed by atoms with E-state index in [1.165, 1.54) is 0 Å². The average molecular weight is 419 g/mol. The SMILES string of the molecule is CCCNc1nc(-c2ccc(Br)s2)nc(C(C)C)c1Br. The summed E-state index contributed by atoms with van der Waals surface area (Å²) in [5, 5.41) is 3.37. The monoisotopic (exact) mass is 417 g/mol. The molecule has 0 atom stereocenters. The first-order valence-electron chi connectivity index (χ1n) is 6.60. The smallest absolute Gasteiger partial charge is 0.171 e. The second kappa shape index (κ2) is 7.00. The van der Waals surface area contributed by atoms with Crippen molar-refractivity contribution in [2.24, 2.45) is 0 Å². The number of halogens is 2. The molecule has 0 saturated heterocycles. The third-order valence-corrected chi connectivity index (χ3v) is 5.16. The molecular formula is C14H17Br2N3S. The zero-order valence-electron chi connectivity index (χ0n) is 11.7. The highest BCUT2D eigenvalue weighted by molar-refractivity contribution is 9.11. The standard InChI is InChI=1S/C14H17Br2N3S/c1-4-7-17-14-11(16)12(8(2)3)18-13(19-14)9-5-6-10(15)20-9/h5-6,8H,4,7H2,1-3H3,(H,17,18,19). The molecule has 0 spiro atoms. The van der Waals surface area contributed by atoms with Crippen molar-refractivity contribution in [3.63, 3.8) is 0 Å². The number of nitrogens with zero attached hydrogens (tertiary/aromatic N) is 2. The van der Waals surface area contributed by atoms with Gasteiger partial charge in [0.25, 0.3) is 0 Å². The van der Waals surface area contributed by atoms with E-state index in [1.807, 2.05) is 12.1 Å². The summed E-state index contributed by atoms with van der Waals surface area (Å²) >= 11 is 8.77. The fourth-order valence-corrected chi connectivity index (χ4v) is 3.85. The van der Waals surface area contributed by atoms with Gasteiger partial charge in [0, 0.05) is 6.54 Å². The molecule has 0 radical (unpaired) electrons. The van der Waals surface area contributed by atoms with Crippen LogP contribution in [0.2, 0.25) is 0 Å². The van der Waals surface area contributed by atoms with Crippen molar-refractivity contribution < 1.29 is 0 Å². The average Bonchev–Trinajstić information content (AvgIpc) is 2.84. The summed E-state index contributed by atoms with van der Waals surface area (Å²) in [6, 6.07) is 4.07. The highest BCUT2D eigenvalue weighted by atomic mass is 79.9.